The first-order valence-electron chi connectivity index (χ1n) is 39.4. The van der Waals surface area contributed by atoms with Gasteiger partial charge in [0.25, 0.3) is 23.6 Å². The third-order valence-corrected chi connectivity index (χ3v) is 23.1. The van der Waals surface area contributed by atoms with E-state index in [1.54, 1.807) is 62.0 Å². The predicted octanol–water partition coefficient (Wildman–Crippen LogP) is 13.7. The van der Waals surface area contributed by atoms with Crippen LogP contribution in [0.5, 0.6) is 23.5 Å². The maximum Gasteiger partial charge on any atom is 0.273 e. The van der Waals surface area contributed by atoms with Crippen LogP contribution in [0.25, 0.3) is 46.1 Å². The molecule has 4 amide bonds. The van der Waals surface area contributed by atoms with Crippen molar-refractivity contribution in [3.63, 3.8) is 0 Å². The maximum atomic E-state index is 13.5. The number of ether oxygens (including phenoxy) is 4. The molecule has 12 unspecified atom stereocenters. The van der Waals surface area contributed by atoms with Crippen LogP contribution in [0.3, 0.4) is 0 Å². The predicted molar refractivity (Wildman–Crippen MR) is 422 cm³/mol. The largest absolute Gasteiger partial charge is 0.472 e. The van der Waals surface area contributed by atoms with Gasteiger partial charge in [-0.2, -0.15) is 0 Å². The highest BCUT2D eigenvalue weighted by molar-refractivity contribution is 6.01. The third kappa shape index (κ3) is 15.9. The Balaban J connectivity index is 0.000000111. The number of pyridine rings is 8. The summed E-state index contributed by atoms with van der Waals surface area (Å²) in [4.78, 5) is 114. The Morgan fingerprint density at radius 1 is 0.336 bits per heavy atom. The molecule has 20 rings (SSSR count). The number of piperidine rings is 4. The highest BCUT2D eigenvalue weighted by Gasteiger charge is 2.53. The van der Waals surface area contributed by atoms with Gasteiger partial charge in [0.15, 0.2) is 0 Å². The van der Waals surface area contributed by atoms with Crippen LogP contribution in [0.4, 0.5) is 0 Å². The van der Waals surface area contributed by atoms with Crippen molar-refractivity contribution in [1.82, 2.24) is 79.4 Å². The molecule has 116 heavy (non-hydrogen) atoms. The van der Waals surface area contributed by atoms with Crippen LogP contribution < -0.4 is 18.9 Å². The molecule has 16 heterocycles. The number of oxazole rings is 4. The Morgan fingerprint density at radius 3 is 1.13 bits per heavy atom. The molecule has 0 radical (unpaired) electrons. The average molecular weight is 1560 g/mol. The fraction of sp³-hybridized carbons (Fsp3) is 0.364. The van der Waals surface area contributed by atoms with Gasteiger partial charge in [-0.3, -0.25) is 29.1 Å². The molecule has 8 aliphatic rings. The van der Waals surface area contributed by atoms with Crippen LogP contribution in [0.15, 0.2) is 190 Å². The lowest BCUT2D eigenvalue weighted by atomic mass is 10.0. The first kappa shape index (κ1) is 75.8. The normalized spacial score (nSPS) is 22.8. The molecular weight excluding hydrogens is 1470 g/mol. The van der Waals surface area contributed by atoms with E-state index in [0.717, 1.165) is 122 Å². The summed E-state index contributed by atoms with van der Waals surface area (Å²) in [7, 11) is 0. The lowest BCUT2D eigenvalue weighted by molar-refractivity contribution is 0.0459. The summed E-state index contributed by atoms with van der Waals surface area (Å²) in [5.41, 5.74) is 11.8. The van der Waals surface area contributed by atoms with Crippen molar-refractivity contribution in [3.05, 3.63) is 239 Å². The number of hydrogen-bond donors (Lipinski definition) is 0. The average Bonchev–Trinajstić information content (AvgIpc) is 1.61. The number of hydrogen-bond acceptors (Lipinski definition) is 24. The van der Waals surface area contributed by atoms with Gasteiger partial charge in [0.1, 0.15) is 72.2 Å². The number of carbonyl (C=O) groups is 4. The molecule has 4 saturated carbocycles. The molecule has 12 aromatic rings. The topological polar surface area (TPSA) is 325 Å². The summed E-state index contributed by atoms with van der Waals surface area (Å²) >= 11 is 0. The molecule has 0 spiro atoms. The van der Waals surface area contributed by atoms with E-state index >= 15 is 0 Å². The van der Waals surface area contributed by atoms with Crippen LogP contribution in [0.1, 0.15) is 138 Å². The van der Waals surface area contributed by atoms with Gasteiger partial charge in [0, 0.05) is 99.0 Å². The zero-order valence-corrected chi connectivity index (χ0v) is 65.6. The van der Waals surface area contributed by atoms with Gasteiger partial charge in [0.05, 0.1) is 71.2 Å². The highest BCUT2D eigenvalue weighted by Crippen LogP contribution is 2.46. The van der Waals surface area contributed by atoms with Crippen LogP contribution in [0.2, 0.25) is 0 Å². The van der Waals surface area contributed by atoms with Gasteiger partial charge >= 0.3 is 0 Å². The Morgan fingerprint density at radius 2 is 0.716 bits per heavy atom. The van der Waals surface area contributed by atoms with Gasteiger partial charge < -0.3 is 56.2 Å². The van der Waals surface area contributed by atoms with Crippen molar-refractivity contribution >= 4 is 23.6 Å². The van der Waals surface area contributed by atoms with E-state index in [2.05, 4.69) is 59.8 Å². The number of carbonyl (C=O) groups excluding carboxylic acids is 4. The number of nitrogens with zero attached hydrogens (tertiary/aromatic N) is 16. The third-order valence-electron chi connectivity index (χ3n) is 23.1. The van der Waals surface area contributed by atoms with Crippen LogP contribution >= 0.6 is 0 Å². The lowest BCUT2D eigenvalue weighted by Crippen LogP contribution is -2.47. The van der Waals surface area contributed by atoms with E-state index in [1.807, 2.05) is 160 Å². The molecule has 592 valence electrons. The monoisotopic (exact) mass is 1560 g/mol. The smallest absolute Gasteiger partial charge is 0.273 e. The van der Waals surface area contributed by atoms with Crippen molar-refractivity contribution < 1.29 is 55.8 Å². The molecule has 28 nitrogen and oxygen atoms in total. The standard InChI is InChI=1S/4C22H22N4O3/c1-13-3-6-19(24-11-13)29-18-10-15-9-17(18)26(12-15)22(27)16-5-4-14(2)25-20(16)21-23-7-8-28-21;1-13-3-6-19(24-11-13)29-18-10-15-9-17(18)26(12-15)22(27)20-16(5-4-14(2)25-20)21-23-7-8-28-21;1-13-3-4-19(24-10-13)29-18-9-15-8-17(18)26(12-15)22(27)16-7-14(2)11-25-20(16)21-23-5-6-28-21;1-13-3-4-18(25-11-13)29-17-10-15-9-16(17)26(12-15)22(27)20-19(14(2)5-6-23-20)21-24-7-8-28-21/h2*3-8,11,15,17-18H,9-10,12H2,1-2H3;3-7,10-11,15,17-18H,8-9,12H2,1-2H3;3-8,11,15-17H,9-10,12H2,1-2H3. The summed E-state index contributed by atoms with van der Waals surface area (Å²) in [5.74, 6) is 5.44. The minimum absolute atomic E-state index is 0.0234. The molecule has 8 bridgehead atoms. The minimum Gasteiger partial charge on any atom is -0.472 e. The molecule has 12 aromatic heterocycles. The molecule has 4 aliphatic heterocycles. The Kier molecular flexibility index (Phi) is 21.3. The maximum absolute atomic E-state index is 13.5. The highest BCUT2D eigenvalue weighted by atomic mass is 16.5. The Hall–Kier alpha value is -12.9. The number of amides is 4. The van der Waals surface area contributed by atoms with Gasteiger partial charge in [0.2, 0.25) is 47.1 Å². The van der Waals surface area contributed by atoms with E-state index in [9.17, 15) is 19.2 Å². The zero-order valence-electron chi connectivity index (χ0n) is 65.6. The molecule has 4 aliphatic carbocycles. The summed E-state index contributed by atoms with van der Waals surface area (Å²) in [6, 6.07) is 26.7. The van der Waals surface area contributed by atoms with Crippen molar-refractivity contribution in [3.8, 4) is 69.6 Å². The molecule has 8 fully saturated rings. The lowest BCUT2D eigenvalue weighted by Gasteiger charge is -2.33. The second-order valence-electron chi connectivity index (χ2n) is 31.6. The van der Waals surface area contributed by atoms with Crippen LogP contribution in [-0.2, 0) is 0 Å². The van der Waals surface area contributed by atoms with Crippen LogP contribution in [0, 0.1) is 79.1 Å². The van der Waals surface area contributed by atoms with E-state index in [-0.39, 0.29) is 72.2 Å². The second kappa shape index (κ2) is 32.5. The number of rotatable bonds is 16. The fourth-order valence-corrected chi connectivity index (χ4v) is 17.7. The molecule has 12 atom stereocenters. The van der Waals surface area contributed by atoms with Crippen molar-refractivity contribution in [2.24, 2.45) is 23.7 Å². The van der Waals surface area contributed by atoms with Crippen molar-refractivity contribution in [1.29, 1.82) is 0 Å². The number of aryl methyl sites for hydroxylation is 8. The van der Waals surface area contributed by atoms with Crippen molar-refractivity contribution in [2.45, 2.75) is 155 Å². The van der Waals surface area contributed by atoms with Gasteiger partial charge in [-0.15, -0.1) is 0 Å². The zero-order chi connectivity index (χ0) is 79.8. The van der Waals surface area contributed by atoms with E-state index < -0.39 is 0 Å². The molecular formula is C88H88N16O12. The van der Waals surface area contributed by atoms with Crippen molar-refractivity contribution in [2.75, 3.05) is 26.2 Å². The van der Waals surface area contributed by atoms with E-state index in [0.29, 0.717) is 116 Å². The number of aromatic nitrogens is 12. The number of fused-ring (bicyclic) bond motifs is 8. The fourth-order valence-electron chi connectivity index (χ4n) is 17.7. The quantitative estimate of drug-likeness (QED) is 0.0867. The van der Waals surface area contributed by atoms with E-state index in [1.165, 1.54) is 25.1 Å². The Labute approximate surface area is 669 Å². The van der Waals surface area contributed by atoms with Crippen LogP contribution in [-0.4, -0.2) is 178 Å². The summed E-state index contributed by atoms with van der Waals surface area (Å²) in [6.45, 7) is 18.5. The summed E-state index contributed by atoms with van der Waals surface area (Å²) in [6.07, 6.45) is 30.2. The van der Waals surface area contributed by atoms with Gasteiger partial charge in [-0.05, 0) is 200 Å². The molecule has 4 saturated heterocycles. The number of likely N-dealkylation sites (tertiary alicyclic amines) is 4. The minimum atomic E-state index is -0.0976. The van der Waals surface area contributed by atoms with E-state index in [4.69, 9.17) is 36.6 Å². The molecule has 0 N–H and O–H groups in total. The first-order chi connectivity index (χ1) is 56.3. The summed E-state index contributed by atoms with van der Waals surface area (Å²) < 4.78 is 46.3. The Bertz CT molecular complexity index is 5200. The van der Waals surface area contributed by atoms with Gasteiger partial charge in [-0.1, -0.05) is 24.3 Å². The first-order valence-corrected chi connectivity index (χ1v) is 39.4. The molecule has 0 aromatic carbocycles. The molecule has 28 heteroatoms. The SMILES string of the molecule is Cc1ccc(OC2CC3CC2N(C(=O)c2cc(C)cnc2-c2ncco2)C3)nc1.Cc1ccc(OC2CC3CC2N(C(=O)c2ccc(C)nc2-c2ncco2)C3)nc1.Cc1ccc(OC2CC3CC2N(C(=O)c2nc(C)ccc2-c2ncco2)C3)nc1.Cc1ccc(OC2CC3CC2N(C(=O)c2nccc(C)c2-c2ncco2)C3)nc1. The van der Waals surface area contributed by atoms with Gasteiger partial charge in [-0.25, -0.2) is 49.8 Å². The summed E-state index contributed by atoms with van der Waals surface area (Å²) in [5, 5.41) is 0. The second-order valence-corrected chi connectivity index (χ2v) is 31.6.